The molecule has 0 radical (unpaired) electrons. The highest BCUT2D eigenvalue weighted by molar-refractivity contribution is 4.66. The number of nitrogens with one attached hydrogen (secondary N) is 2. The molecule has 0 aliphatic carbocycles. The van der Waals surface area contributed by atoms with E-state index in [1.165, 1.54) is 25.7 Å². The first-order chi connectivity index (χ1) is 6.43. The maximum atomic E-state index is 5.61. The zero-order chi connectivity index (χ0) is 9.36. The Morgan fingerprint density at radius 1 is 1.38 bits per heavy atom. The summed E-state index contributed by atoms with van der Waals surface area (Å²) >= 11 is 0. The molecule has 13 heavy (non-hydrogen) atoms. The Balaban J connectivity index is 1.86. The molecule has 3 nitrogen and oxygen atoms in total. The average Bonchev–Trinajstić information content (AvgIpc) is 2.19. The van der Waals surface area contributed by atoms with Gasteiger partial charge in [-0.2, -0.15) is 0 Å². The molecule has 78 valence electrons. The lowest BCUT2D eigenvalue weighted by atomic mass is 10.1. The Hall–Kier alpha value is -0.120. The smallest absolute Gasteiger partial charge is 0.0700 e. The van der Waals surface area contributed by atoms with Crippen LogP contribution in [-0.4, -0.2) is 39.4 Å². The minimum atomic E-state index is 0.475. The normalized spacial score (nSPS) is 23.3. The lowest BCUT2D eigenvalue weighted by Gasteiger charge is -2.23. The molecule has 3 heteroatoms. The second-order valence-electron chi connectivity index (χ2n) is 3.65. The number of rotatable bonds is 6. The van der Waals surface area contributed by atoms with Crippen molar-refractivity contribution in [3.05, 3.63) is 0 Å². The van der Waals surface area contributed by atoms with E-state index >= 15 is 0 Å². The van der Waals surface area contributed by atoms with Gasteiger partial charge in [0.05, 0.1) is 12.7 Å². The Labute approximate surface area is 81.2 Å². The Bertz CT molecular complexity index is 113. The summed E-state index contributed by atoms with van der Waals surface area (Å²) in [6.07, 6.45) is 5.60. The van der Waals surface area contributed by atoms with Crippen LogP contribution in [0.25, 0.3) is 0 Å². The second kappa shape index (κ2) is 7.30. The van der Waals surface area contributed by atoms with E-state index in [9.17, 15) is 0 Å². The summed E-state index contributed by atoms with van der Waals surface area (Å²) in [6, 6.07) is 0. The van der Waals surface area contributed by atoms with Crippen LogP contribution in [0.1, 0.15) is 25.7 Å². The number of morpholine rings is 1. The minimum absolute atomic E-state index is 0.475. The molecule has 1 rings (SSSR count). The predicted octanol–water partition coefficient (Wildman–Crippen LogP) is 0.755. The van der Waals surface area contributed by atoms with Crippen LogP contribution in [0.3, 0.4) is 0 Å². The van der Waals surface area contributed by atoms with E-state index in [0.29, 0.717) is 6.10 Å². The number of hydrogen-bond acceptors (Lipinski definition) is 3. The molecule has 2 N–H and O–H groups in total. The summed E-state index contributed by atoms with van der Waals surface area (Å²) in [5.41, 5.74) is 0. The van der Waals surface area contributed by atoms with Crippen LogP contribution in [0.2, 0.25) is 0 Å². The van der Waals surface area contributed by atoms with Gasteiger partial charge in [0.15, 0.2) is 0 Å². The van der Waals surface area contributed by atoms with E-state index in [1.807, 2.05) is 7.05 Å². The number of ether oxygens (including phenoxy) is 1. The van der Waals surface area contributed by atoms with E-state index < -0.39 is 0 Å². The fourth-order valence-electron chi connectivity index (χ4n) is 1.66. The van der Waals surface area contributed by atoms with Crippen LogP contribution in [0, 0.1) is 0 Å². The van der Waals surface area contributed by atoms with Gasteiger partial charge in [0.25, 0.3) is 0 Å². The topological polar surface area (TPSA) is 33.3 Å². The molecule has 1 aliphatic rings. The van der Waals surface area contributed by atoms with Gasteiger partial charge in [-0.05, 0) is 26.4 Å². The van der Waals surface area contributed by atoms with Gasteiger partial charge in [-0.15, -0.1) is 0 Å². The maximum absolute atomic E-state index is 5.61. The standard InChI is InChI=1S/C10H22N2O/c1-11-6-4-2-3-5-10-9-12-7-8-13-10/h10-12H,2-9H2,1H3. The molecule has 1 atom stereocenters. The van der Waals surface area contributed by atoms with Gasteiger partial charge < -0.3 is 15.4 Å². The van der Waals surface area contributed by atoms with Crippen LogP contribution in [0.4, 0.5) is 0 Å². The zero-order valence-electron chi connectivity index (χ0n) is 8.64. The molecule has 1 heterocycles. The molecule has 1 fully saturated rings. The molecule has 0 aromatic rings. The second-order valence-corrected chi connectivity index (χ2v) is 3.65. The number of unbranched alkanes of at least 4 members (excludes halogenated alkanes) is 2. The Morgan fingerprint density at radius 2 is 2.31 bits per heavy atom. The van der Waals surface area contributed by atoms with Gasteiger partial charge in [0.2, 0.25) is 0 Å². The summed E-state index contributed by atoms with van der Waals surface area (Å²) in [7, 11) is 2.01. The summed E-state index contributed by atoms with van der Waals surface area (Å²) in [5.74, 6) is 0. The molecule has 0 spiro atoms. The van der Waals surface area contributed by atoms with E-state index in [1.54, 1.807) is 0 Å². The molecule has 1 aliphatic heterocycles. The molecule has 0 aromatic carbocycles. The lowest BCUT2D eigenvalue weighted by molar-refractivity contribution is 0.0221. The predicted molar refractivity (Wildman–Crippen MR) is 55.0 cm³/mol. The van der Waals surface area contributed by atoms with Crippen molar-refractivity contribution in [3.8, 4) is 0 Å². The first-order valence-electron chi connectivity index (χ1n) is 5.40. The molecule has 1 unspecified atom stereocenters. The average molecular weight is 186 g/mol. The van der Waals surface area contributed by atoms with Crippen molar-refractivity contribution in [3.63, 3.8) is 0 Å². The first kappa shape index (κ1) is 11.0. The van der Waals surface area contributed by atoms with Gasteiger partial charge in [-0.1, -0.05) is 12.8 Å². The van der Waals surface area contributed by atoms with Gasteiger partial charge in [0.1, 0.15) is 0 Å². The van der Waals surface area contributed by atoms with Crippen LogP contribution >= 0.6 is 0 Å². The maximum Gasteiger partial charge on any atom is 0.0700 e. The monoisotopic (exact) mass is 186 g/mol. The van der Waals surface area contributed by atoms with Gasteiger partial charge in [0, 0.05) is 13.1 Å². The molecule has 0 aromatic heterocycles. The largest absolute Gasteiger partial charge is 0.376 e. The third kappa shape index (κ3) is 5.24. The summed E-state index contributed by atoms with van der Waals surface area (Å²) in [6.45, 7) is 4.10. The van der Waals surface area contributed by atoms with E-state index in [0.717, 1.165) is 26.2 Å². The third-order valence-electron chi connectivity index (χ3n) is 2.46. The van der Waals surface area contributed by atoms with Crippen molar-refractivity contribution >= 4 is 0 Å². The SMILES string of the molecule is CNCCCCCC1CNCCO1. The van der Waals surface area contributed by atoms with Crippen molar-refractivity contribution in [2.24, 2.45) is 0 Å². The van der Waals surface area contributed by atoms with Crippen molar-refractivity contribution in [2.45, 2.75) is 31.8 Å². The van der Waals surface area contributed by atoms with Crippen LogP contribution in [0.15, 0.2) is 0 Å². The highest BCUT2D eigenvalue weighted by atomic mass is 16.5. The van der Waals surface area contributed by atoms with E-state index in [-0.39, 0.29) is 0 Å². The van der Waals surface area contributed by atoms with Crippen molar-refractivity contribution < 1.29 is 4.74 Å². The lowest BCUT2D eigenvalue weighted by Crippen LogP contribution is -2.38. The molecular formula is C10H22N2O. The summed E-state index contributed by atoms with van der Waals surface area (Å²) in [5, 5.41) is 6.51. The molecule has 1 saturated heterocycles. The summed E-state index contributed by atoms with van der Waals surface area (Å²) < 4.78 is 5.61. The van der Waals surface area contributed by atoms with Crippen LogP contribution in [-0.2, 0) is 4.74 Å². The highest BCUT2D eigenvalue weighted by Crippen LogP contribution is 2.07. The van der Waals surface area contributed by atoms with Gasteiger partial charge in [-0.25, -0.2) is 0 Å². The van der Waals surface area contributed by atoms with Gasteiger partial charge >= 0.3 is 0 Å². The van der Waals surface area contributed by atoms with Crippen molar-refractivity contribution in [1.29, 1.82) is 0 Å². The van der Waals surface area contributed by atoms with Crippen molar-refractivity contribution in [2.75, 3.05) is 33.3 Å². The molecule has 0 saturated carbocycles. The Kier molecular flexibility index (Phi) is 6.15. The van der Waals surface area contributed by atoms with Gasteiger partial charge in [-0.3, -0.25) is 0 Å². The van der Waals surface area contributed by atoms with Crippen LogP contribution in [0.5, 0.6) is 0 Å². The highest BCUT2D eigenvalue weighted by Gasteiger charge is 2.11. The fourth-order valence-corrected chi connectivity index (χ4v) is 1.66. The quantitative estimate of drug-likeness (QED) is 0.601. The number of hydrogen-bond donors (Lipinski definition) is 2. The summed E-state index contributed by atoms with van der Waals surface area (Å²) in [4.78, 5) is 0. The Morgan fingerprint density at radius 3 is 3.00 bits per heavy atom. The zero-order valence-corrected chi connectivity index (χ0v) is 8.64. The van der Waals surface area contributed by atoms with Crippen molar-refractivity contribution in [1.82, 2.24) is 10.6 Å². The molecule has 0 bridgehead atoms. The third-order valence-corrected chi connectivity index (χ3v) is 2.46. The van der Waals surface area contributed by atoms with Crippen LogP contribution < -0.4 is 10.6 Å². The fraction of sp³-hybridized carbons (Fsp3) is 1.00. The van der Waals surface area contributed by atoms with E-state index in [4.69, 9.17) is 4.74 Å². The first-order valence-corrected chi connectivity index (χ1v) is 5.40. The molecule has 0 amide bonds. The van der Waals surface area contributed by atoms with E-state index in [2.05, 4.69) is 10.6 Å². The molecular weight excluding hydrogens is 164 g/mol. The minimum Gasteiger partial charge on any atom is -0.376 e.